The zero-order valence-electron chi connectivity index (χ0n) is 11.6. The van der Waals surface area contributed by atoms with Gasteiger partial charge in [-0.1, -0.05) is 6.07 Å². The molecule has 3 aromatic heterocycles. The second-order valence-electron chi connectivity index (χ2n) is 4.74. The van der Waals surface area contributed by atoms with Gasteiger partial charge < -0.3 is 5.32 Å². The lowest BCUT2D eigenvalue weighted by Crippen LogP contribution is -2.23. The summed E-state index contributed by atoms with van der Waals surface area (Å²) in [5.41, 5.74) is 1.24. The molecule has 9 heteroatoms. The highest BCUT2D eigenvalue weighted by atomic mass is 32.2. The third kappa shape index (κ3) is 2.58. The van der Waals surface area contributed by atoms with Gasteiger partial charge in [0, 0.05) is 18.6 Å². The summed E-state index contributed by atoms with van der Waals surface area (Å²) in [7, 11) is -3.54. The predicted octanol–water partition coefficient (Wildman–Crippen LogP) is 0.391. The molecule has 2 N–H and O–H groups in total. The maximum Gasteiger partial charge on any atom is 0.272 e. The second kappa shape index (κ2) is 5.26. The number of fused-ring (bicyclic) bond motifs is 1. The molecule has 0 aliphatic heterocycles. The van der Waals surface area contributed by atoms with Crippen LogP contribution >= 0.6 is 0 Å². The SMILES string of the molecule is CS(=O)(=O)c1nc(C(=O)NCc2ccn[nH]2)c2ccccn12. The van der Waals surface area contributed by atoms with Crippen LogP contribution in [0.4, 0.5) is 0 Å². The number of amides is 1. The van der Waals surface area contributed by atoms with E-state index < -0.39 is 15.7 Å². The number of sulfone groups is 1. The molecule has 0 spiro atoms. The first-order chi connectivity index (χ1) is 10.5. The molecule has 0 aromatic carbocycles. The summed E-state index contributed by atoms with van der Waals surface area (Å²) in [6, 6.07) is 6.77. The Labute approximate surface area is 126 Å². The third-order valence-corrected chi connectivity index (χ3v) is 4.01. The molecule has 3 rings (SSSR count). The minimum absolute atomic E-state index is 0.0699. The first-order valence-electron chi connectivity index (χ1n) is 6.40. The van der Waals surface area contributed by atoms with Gasteiger partial charge in [0.1, 0.15) is 0 Å². The van der Waals surface area contributed by atoms with Gasteiger partial charge in [-0.3, -0.25) is 14.3 Å². The smallest absolute Gasteiger partial charge is 0.272 e. The van der Waals surface area contributed by atoms with E-state index in [1.165, 1.54) is 4.40 Å². The average molecular weight is 319 g/mol. The van der Waals surface area contributed by atoms with Crippen molar-refractivity contribution < 1.29 is 13.2 Å². The van der Waals surface area contributed by atoms with Gasteiger partial charge in [0.2, 0.25) is 15.0 Å². The molecule has 3 heterocycles. The highest BCUT2D eigenvalue weighted by molar-refractivity contribution is 7.90. The number of aromatic nitrogens is 4. The summed E-state index contributed by atoms with van der Waals surface area (Å²) < 4.78 is 25.0. The first kappa shape index (κ1) is 14.3. The largest absolute Gasteiger partial charge is 0.345 e. The molecule has 3 aromatic rings. The molecule has 0 aliphatic rings. The van der Waals surface area contributed by atoms with Crippen molar-refractivity contribution in [3.8, 4) is 0 Å². The average Bonchev–Trinajstić information content (AvgIpc) is 3.11. The fourth-order valence-electron chi connectivity index (χ4n) is 2.08. The molecule has 0 radical (unpaired) electrons. The van der Waals surface area contributed by atoms with E-state index in [1.807, 2.05) is 0 Å². The van der Waals surface area contributed by atoms with Gasteiger partial charge in [-0.15, -0.1) is 0 Å². The Kier molecular flexibility index (Phi) is 3.41. The standard InChI is InChI=1S/C13H13N5O3S/c1-22(20,21)13-16-11(10-4-2-3-7-18(10)13)12(19)14-8-9-5-6-15-17-9/h2-7H,8H2,1H3,(H,14,19)(H,15,17). The van der Waals surface area contributed by atoms with E-state index in [9.17, 15) is 13.2 Å². The van der Waals surface area contributed by atoms with Crippen molar-refractivity contribution >= 4 is 21.3 Å². The number of carbonyl (C=O) groups excluding carboxylic acids is 1. The molecular weight excluding hydrogens is 306 g/mol. The van der Waals surface area contributed by atoms with Crippen molar-refractivity contribution in [2.45, 2.75) is 11.7 Å². The molecule has 114 valence electrons. The van der Waals surface area contributed by atoms with Crippen LogP contribution in [0.3, 0.4) is 0 Å². The summed E-state index contributed by atoms with van der Waals surface area (Å²) in [5, 5.41) is 9.03. The number of nitrogens with zero attached hydrogens (tertiary/aromatic N) is 3. The van der Waals surface area contributed by atoms with Gasteiger partial charge in [0.15, 0.2) is 5.69 Å². The number of rotatable bonds is 4. The van der Waals surface area contributed by atoms with E-state index in [0.717, 1.165) is 11.9 Å². The summed E-state index contributed by atoms with van der Waals surface area (Å²) in [5.74, 6) is -0.451. The van der Waals surface area contributed by atoms with Crippen molar-refractivity contribution in [2.75, 3.05) is 6.26 Å². The summed E-state index contributed by atoms with van der Waals surface area (Å²) in [4.78, 5) is 16.3. The molecule has 8 nitrogen and oxygen atoms in total. The van der Waals surface area contributed by atoms with Gasteiger partial charge in [-0.05, 0) is 18.2 Å². The number of pyridine rings is 1. The molecule has 0 fully saturated rings. The number of hydrogen-bond donors (Lipinski definition) is 2. The maximum absolute atomic E-state index is 12.3. The van der Waals surface area contributed by atoms with E-state index in [2.05, 4.69) is 20.5 Å². The van der Waals surface area contributed by atoms with E-state index in [1.54, 1.807) is 36.7 Å². The molecule has 0 atom stereocenters. The van der Waals surface area contributed by atoms with Crippen molar-refractivity contribution in [1.29, 1.82) is 0 Å². The Hall–Kier alpha value is -2.68. The monoisotopic (exact) mass is 319 g/mol. The summed E-state index contributed by atoms with van der Waals surface area (Å²) >= 11 is 0. The van der Waals surface area contributed by atoms with Crippen molar-refractivity contribution in [3.05, 3.63) is 48.0 Å². The minimum atomic E-state index is -3.54. The lowest BCUT2D eigenvalue weighted by atomic mass is 10.3. The molecular formula is C13H13N5O3S. The zero-order valence-corrected chi connectivity index (χ0v) is 12.5. The van der Waals surface area contributed by atoms with Crippen LogP contribution in [-0.4, -0.2) is 40.2 Å². The number of aromatic amines is 1. The van der Waals surface area contributed by atoms with Crippen molar-refractivity contribution in [1.82, 2.24) is 24.9 Å². The number of nitrogens with one attached hydrogen (secondary N) is 2. The molecule has 22 heavy (non-hydrogen) atoms. The van der Waals surface area contributed by atoms with Gasteiger partial charge in [-0.25, -0.2) is 13.4 Å². The molecule has 0 saturated carbocycles. The van der Waals surface area contributed by atoms with Crippen LogP contribution in [0.15, 0.2) is 41.8 Å². The number of carbonyl (C=O) groups is 1. The molecule has 0 aliphatic carbocycles. The molecule has 0 saturated heterocycles. The molecule has 0 unspecified atom stereocenters. The number of H-pyrrole nitrogens is 1. The predicted molar refractivity (Wildman–Crippen MR) is 78.1 cm³/mol. The van der Waals surface area contributed by atoms with Crippen LogP contribution in [0.5, 0.6) is 0 Å². The maximum atomic E-state index is 12.3. The topological polar surface area (TPSA) is 109 Å². The zero-order chi connectivity index (χ0) is 15.7. The lowest BCUT2D eigenvalue weighted by Gasteiger charge is -2.01. The normalized spacial score (nSPS) is 11.7. The van der Waals surface area contributed by atoms with E-state index in [0.29, 0.717) is 5.52 Å². The van der Waals surface area contributed by atoms with Crippen LogP contribution in [-0.2, 0) is 16.4 Å². The van der Waals surface area contributed by atoms with Crippen LogP contribution in [0.25, 0.3) is 5.52 Å². The van der Waals surface area contributed by atoms with Crippen molar-refractivity contribution in [3.63, 3.8) is 0 Å². The lowest BCUT2D eigenvalue weighted by molar-refractivity contribution is 0.0947. The van der Waals surface area contributed by atoms with Gasteiger partial charge in [0.05, 0.1) is 17.8 Å². The van der Waals surface area contributed by atoms with Gasteiger partial charge in [-0.2, -0.15) is 5.10 Å². The fourth-order valence-corrected chi connectivity index (χ4v) is 2.85. The Morgan fingerprint density at radius 1 is 1.36 bits per heavy atom. The quantitative estimate of drug-likeness (QED) is 0.723. The molecule has 0 bridgehead atoms. The highest BCUT2D eigenvalue weighted by Gasteiger charge is 2.22. The van der Waals surface area contributed by atoms with Crippen LogP contribution in [0, 0.1) is 0 Å². The Morgan fingerprint density at radius 3 is 2.86 bits per heavy atom. The Bertz CT molecular complexity index is 928. The Balaban J connectivity index is 1.98. The number of hydrogen-bond acceptors (Lipinski definition) is 5. The second-order valence-corrected chi connectivity index (χ2v) is 6.65. The van der Waals surface area contributed by atoms with Gasteiger partial charge in [0.25, 0.3) is 5.91 Å². The van der Waals surface area contributed by atoms with E-state index >= 15 is 0 Å². The van der Waals surface area contributed by atoms with Crippen LogP contribution in [0.2, 0.25) is 0 Å². The first-order valence-corrected chi connectivity index (χ1v) is 8.29. The minimum Gasteiger partial charge on any atom is -0.345 e. The summed E-state index contributed by atoms with van der Waals surface area (Å²) in [6.07, 6.45) is 4.20. The Morgan fingerprint density at radius 2 is 2.18 bits per heavy atom. The fraction of sp³-hybridized carbons (Fsp3) is 0.154. The number of imidazole rings is 1. The highest BCUT2D eigenvalue weighted by Crippen LogP contribution is 2.16. The summed E-state index contributed by atoms with van der Waals surface area (Å²) in [6.45, 7) is 0.249. The third-order valence-electron chi connectivity index (χ3n) is 3.06. The molecule has 1 amide bonds. The van der Waals surface area contributed by atoms with E-state index in [4.69, 9.17) is 0 Å². The van der Waals surface area contributed by atoms with Crippen LogP contribution < -0.4 is 5.32 Å². The van der Waals surface area contributed by atoms with Crippen molar-refractivity contribution in [2.24, 2.45) is 0 Å². The van der Waals surface area contributed by atoms with E-state index in [-0.39, 0.29) is 17.4 Å². The van der Waals surface area contributed by atoms with Gasteiger partial charge >= 0.3 is 0 Å². The van der Waals surface area contributed by atoms with Crippen LogP contribution in [0.1, 0.15) is 16.2 Å².